The number of rotatable bonds is 5. The van der Waals surface area contributed by atoms with Crippen LogP contribution in [-0.2, 0) is 22.7 Å². The van der Waals surface area contributed by atoms with Gasteiger partial charge < -0.3 is 0 Å². The van der Waals surface area contributed by atoms with E-state index in [-0.39, 0.29) is 10.9 Å². The molecule has 0 aliphatic carbocycles. The summed E-state index contributed by atoms with van der Waals surface area (Å²) in [7, 11) is -4.07. The molecule has 0 radical (unpaired) electrons. The largest absolute Gasteiger partial charge is 0.416 e. The molecule has 2 aromatic carbocycles. The summed E-state index contributed by atoms with van der Waals surface area (Å²) in [6, 6.07) is 12.5. The van der Waals surface area contributed by atoms with Gasteiger partial charge in [0.25, 0.3) is 0 Å². The van der Waals surface area contributed by atoms with E-state index in [0.717, 1.165) is 38.1 Å². The van der Waals surface area contributed by atoms with Gasteiger partial charge in [0.2, 0.25) is 10.0 Å². The van der Waals surface area contributed by atoms with Gasteiger partial charge in [-0.1, -0.05) is 35.9 Å². The Bertz CT molecular complexity index is 1040. The topological polar surface area (TPSA) is 52.7 Å². The maximum Gasteiger partial charge on any atom is 0.416 e. The fourth-order valence-electron chi connectivity index (χ4n) is 4.50. The van der Waals surface area contributed by atoms with E-state index >= 15 is 0 Å². The predicted octanol–water partition coefficient (Wildman–Crippen LogP) is 3.95. The van der Waals surface area contributed by atoms with E-state index in [9.17, 15) is 21.6 Å². The molecule has 2 atom stereocenters. The molecule has 0 amide bonds. The van der Waals surface area contributed by atoms with Crippen molar-refractivity contribution in [3.05, 3.63) is 65.2 Å². The minimum absolute atomic E-state index is 0.281. The van der Waals surface area contributed by atoms with Gasteiger partial charge in [0.1, 0.15) is 0 Å². The SMILES string of the molecule is Cc1cccc(CN2CC[C@@H]3CC[C@H](NS(=O)(=O)c4cccc(C(F)(F)F)c4)N3C2)c1. The lowest BCUT2D eigenvalue weighted by Crippen LogP contribution is -2.54. The standard InChI is InChI=1S/C22H26F3N3O2S/c1-16-4-2-5-17(12-16)14-27-11-10-19-8-9-21(28(19)15-27)26-31(29,30)20-7-3-6-18(13-20)22(23,24)25/h2-7,12-13,19,21,26H,8-11,14-15H2,1H3/t19-,21+/m0/s1. The summed E-state index contributed by atoms with van der Waals surface area (Å²) in [6.07, 6.45) is -2.57. The van der Waals surface area contributed by atoms with Crippen molar-refractivity contribution in [3.8, 4) is 0 Å². The highest BCUT2D eigenvalue weighted by Crippen LogP contribution is 2.32. The Kier molecular flexibility index (Phi) is 6.13. The number of sulfonamides is 1. The molecule has 2 fully saturated rings. The van der Waals surface area contributed by atoms with Crippen LogP contribution < -0.4 is 4.72 Å². The molecule has 9 heteroatoms. The number of alkyl halides is 3. The van der Waals surface area contributed by atoms with E-state index in [1.807, 2.05) is 6.07 Å². The van der Waals surface area contributed by atoms with Gasteiger partial charge in [-0.25, -0.2) is 8.42 Å². The third-order valence-corrected chi connectivity index (χ3v) is 7.49. The Balaban J connectivity index is 1.46. The van der Waals surface area contributed by atoms with Crippen molar-refractivity contribution < 1.29 is 21.6 Å². The first-order valence-corrected chi connectivity index (χ1v) is 11.8. The number of nitrogens with zero attached hydrogens (tertiary/aromatic N) is 2. The van der Waals surface area contributed by atoms with E-state index in [0.29, 0.717) is 19.2 Å². The van der Waals surface area contributed by atoms with Crippen LogP contribution in [0.15, 0.2) is 53.4 Å². The molecular weight excluding hydrogens is 427 g/mol. The van der Waals surface area contributed by atoms with Crippen molar-refractivity contribution >= 4 is 10.0 Å². The maximum atomic E-state index is 13.0. The normalized spacial score (nSPS) is 23.1. The van der Waals surface area contributed by atoms with E-state index < -0.39 is 27.9 Å². The summed E-state index contributed by atoms with van der Waals surface area (Å²) in [5.74, 6) is 0. The molecule has 0 spiro atoms. The zero-order chi connectivity index (χ0) is 22.2. The van der Waals surface area contributed by atoms with E-state index in [1.54, 1.807) is 0 Å². The highest BCUT2D eigenvalue weighted by atomic mass is 32.2. The Morgan fingerprint density at radius 2 is 1.84 bits per heavy atom. The van der Waals surface area contributed by atoms with Crippen LogP contribution in [0, 0.1) is 6.92 Å². The van der Waals surface area contributed by atoms with Gasteiger partial charge in [-0.3, -0.25) is 9.80 Å². The molecule has 4 rings (SSSR count). The molecule has 2 aliphatic heterocycles. The Hall–Kier alpha value is -1.94. The second-order valence-electron chi connectivity index (χ2n) is 8.38. The quantitative estimate of drug-likeness (QED) is 0.745. The van der Waals surface area contributed by atoms with Crippen molar-refractivity contribution in [2.45, 2.75) is 56.0 Å². The number of aryl methyl sites for hydroxylation is 1. The third-order valence-electron chi connectivity index (χ3n) is 6.04. The van der Waals surface area contributed by atoms with Crippen LogP contribution in [0.5, 0.6) is 0 Å². The highest BCUT2D eigenvalue weighted by Gasteiger charge is 2.39. The minimum Gasteiger partial charge on any atom is -0.286 e. The van der Waals surface area contributed by atoms with Gasteiger partial charge in [-0.15, -0.1) is 0 Å². The molecule has 31 heavy (non-hydrogen) atoms. The molecule has 2 heterocycles. The first-order valence-electron chi connectivity index (χ1n) is 10.3. The summed E-state index contributed by atoms with van der Waals surface area (Å²) in [5.41, 5.74) is 1.43. The molecule has 0 unspecified atom stereocenters. The summed E-state index contributed by atoms with van der Waals surface area (Å²) >= 11 is 0. The summed E-state index contributed by atoms with van der Waals surface area (Å²) in [4.78, 5) is 4.05. The first-order chi connectivity index (χ1) is 14.6. The first kappa shape index (κ1) is 22.3. The molecule has 0 saturated carbocycles. The lowest BCUT2D eigenvalue weighted by Gasteiger charge is -2.40. The van der Waals surface area contributed by atoms with Gasteiger partial charge in [-0.2, -0.15) is 17.9 Å². The Morgan fingerprint density at radius 1 is 1.06 bits per heavy atom. The Labute approximate surface area is 180 Å². The second-order valence-corrected chi connectivity index (χ2v) is 10.1. The van der Waals surface area contributed by atoms with Gasteiger partial charge in [0, 0.05) is 19.1 Å². The number of fused-ring (bicyclic) bond motifs is 1. The molecular formula is C22H26F3N3O2S. The summed E-state index contributed by atoms with van der Waals surface area (Å²) < 4.78 is 67.3. The van der Waals surface area contributed by atoms with E-state index in [2.05, 4.69) is 39.6 Å². The molecule has 5 nitrogen and oxygen atoms in total. The van der Waals surface area contributed by atoms with Crippen molar-refractivity contribution in [1.29, 1.82) is 0 Å². The number of halogens is 3. The molecule has 2 aliphatic rings. The highest BCUT2D eigenvalue weighted by molar-refractivity contribution is 7.89. The monoisotopic (exact) mass is 453 g/mol. The van der Waals surface area contributed by atoms with Crippen molar-refractivity contribution in [3.63, 3.8) is 0 Å². The molecule has 2 saturated heterocycles. The van der Waals surface area contributed by atoms with Crippen LogP contribution in [0.1, 0.15) is 36.0 Å². The predicted molar refractivity (Wildman–Crippen MR) is 111 cm³/mol. The molecule has 1 N–H and O–H groups in total. The van der Waals surface area contributed by atoms with Gasteiger partial charge in [0.05, 0.1) is 23.3 Å². The number of hydrogen-bond acceptors (Lipinski definition) is 4. The molecule has 168 valence electrons. The van der Waals surface area contributed by atoms with Crippen LogP contribution in [0.25, 0.3) is 0 Å². The van der Waals surface area contributed by atoms with Crippen LogP contribution in [-0.4, -0.2) is 43.6 Å². The van der Waals surface area contributed by atoms with Crippen LogP contribution >= 0.6 is 0 Å². The van der Waals surface area contributed by atoms with Gasteiger partial charge in [0.15, 0.2) is 0 Å². The van der Waals surface area contributed by atoms with E-state index in [1.165, 1.54) is 17.2 Å². The second kappa shape index (κ2) is 8.54. The van der Waals surface area contributed by atoms with Crippen LogP contribution in [0.3, 0.4) is 0 Å². The smallest absolute Gasteiger partial charge is 0.286 e. The zero-order valence-electron chi connectivity index (χ0n) is 17.3. The summed E-state index contributed by atoms with van der Waals surface area (Å²) in [6.45, 7) is 4.38. The lowest BCUT2D eigenvalue weighted by molar-refractivity contribution is -0.137. The molecule has 0 bridgehead atoms. The number of benzene rings is 2. The number of hydrogen-bond donors (Lipinski definition) is 1. The fourth-order valence-corrected chi connectivity index (χ4v) is 5.79. The number of nitrogens with one attached hydrogen (secondary N) is 1. The maximum absolute atomic E-state index is 13.0. The third kappa shape index (κ3) is 5.11. The van der Waals surface area contributed by atoms with Gasteiger partial charge in [-0.05, 0) is 49.9 Å². The molecule has 0 aromatic heterocycles. The Morgan fingerprint density at radius 3 is 2.58 bits per heavy atom. The van der Waals surface area contributed by atoms with Crippen molar-refractivity contribution in [2.24, 2.45) is 0 Å². The molecule has 2 aromatic rings. The minimum atomic E-state index is -4.59. The average Bonchev–Trinajstić information content (AvgIpc) is 3.09. The average molecular weight is 454 g/mol. The fraction of sp³-hybridized carbons (Fsp3) is 0.455. The van der Waals surface area contributed by atoms with Crippen molar-refractivity contribution in [1.82, 2.24) is 14.5 Å². The zero-order valence-corrected chi connectivity index (χ0v) is 18.1. The van der Waals surface area contributed by atoms with E-state index in [4.69, 9.17) is 0 Å². The van der Waals surface area contributed by atoms with Gasteiger partial charge >= 0.3 is 6.18 Å². The lowest BCUT2D eigenvalue weighted by atomic mass is 10.1. The van der Waals surface area contributed by atoms with Crippen LogP contribution in [0.2, 0.25) is 0 Å². The van der Waals surface area contributed by atoms with Crippen LogP contribution in [0.4, 0.5) is 13.2 Å². The summed E-state index contributed by atoms with van der Waals surface area (Å²) in [5, 5.41) is 0. The van der Waals surface area contributed by atoms with Crippen molar-refractivity contribution in [2.75, 3.05) is 13.2 Å².